The monoisotopic (exact) mass is 269 g/mol. The lowest BCUT2D eigenvalue weighted by atomic mass is 9.94. The van der Waals surface area contributed by atoms with E-state index in [1.165, 1.54) is 0 Å². The highest BCUT2D eigenvalue weighted by molar-refractivity contribution is 5.82. The summed E-state index contributed by atoms with van der Waals surface area (Å²) in [5, 5.41) is 9.16. The van der Waals surface area contributed by atoms with Gasteiger partial charge in [0.25, 0.3) is 5.91 Å². The van der Waals surface area contributed by atoms with Crippen LogP contribution >= 0.6 is 0 Å². The molecule has 0 radical (unpaired) electrons. The smallest absolute Gasteiger partial charge is 0.315 e. The average Bonchev–Trinajstić information content (AvgIpc) is 2.83. The molecular formula is C13H13F2NO3. The lowest BCUT2D eigenvalue weighted by Gasteiger charge is -2.27. The van der Waals surface area contributed by atoms with Crippen LogP contribution in [0, 0.1) is 5.92 Å². The molecule has 1 aliphatic rings. The van der Waals surface area contributed by atoms with Crippen molar-refractivity contribution >= 4 is 11.9 Å². The van der Waals surface area contributed by atoms with Crippen LogP contribution in [0.2, 0.25) is 0 Å². The molecule has 19 heavy (non-hydrogen) atoms. The van der Waals surface area contributed by atoms with E-state index in [4.69, 9.17) is 5.11 Å². The maximum Gasteiger partial charge on any atom is 0.315 e. The molecule has 4 nitrogen and oxygen atoms in total. The van der Waals surface area contributed by atoms with Crippen LogP contribution in [0.3, 0.4) is 0 Å². The number of carboxylic acids is 1. The Morgan fingerprint density at radius 3 is 2.42 bits per heavy atom. The minimum absolute atomic E-state index is 0.0414. The fourth-order valence-corrected chi connectivity index (χ4v) is 2.49. The summed E-state index contributed by atoms with van der Waals surface area (Å²) >= 11 is 0. The van der Waals surface area contributed by atoms with Gasteiger partial charge in [-0.2, -0.15) is 8.78 Å². The van der Waals surface area contributed by atoms with E-state index >= 15 is 0 Å². The fourth-order valence-electron chi connectivity index (χ4n) is 2.49. The first kappa shape index (κ1) is 13.5. The van der Waals surface area contributed by atoms with Crippen LogP contribution in [0.1, 0.15) is 18.0 Å². The normalized spacial score (nSPS) is 22.8. The Morgan fingerprint density at radius 2 is 1.89 bits per heavy atom. The number of hydrogen-bond acceptors (Lipinski definition) is 2. The number of aliphatic carboxylic acids is 1. The molecule has 1 heterocycles. The molecule has 2 rings (SSSR count). The third-order valence-corrected chi connectivity index (χ3v) is 3.33. The van der Waals surface area contributed by atoms with Gasteiger partial charge in [-0.05, 0) is 12.0 Å². The van der Waals surface area contributed by atoms with E-state index in [-0.39, 0.29) is 13.0 Å². The van der Waals surface area contributed by atoms with E-state index in [0.717, 1.165) is 4.90 Å². The van der Waals surface area contributed by atoms with Gasteiger partial charge in [-0.3, -0.25) is 9.59 Å². The molecular weight excluding hydrogens is 256 g/mol. The number of carbonyl (C=O) groups is 2. The zero-order valence-corrected chi connectivity index (χ0v) is 10.00. The Balaban J connectivity index is 2.35. The maximum absolute atomic E-state index is 12.6. The van der Waals surface area contributed by atoms with Gasteiger partial charge >= 0.3 is 12.4 Å². The Kier molecular flexibility index (Phi) is 3.78. The van der Waals surface area contributed by atoms with E-state index in [1.54, 1.807) is 30.3 Å². The van der Waals surface area contributed by atoms with Gasteiger partial charge in [0, 0.05) is 6.54 Å². The first-order chi connectivity index (χ1) is 9.02. The first-order valence-corrected chi connectivity index (χ1v) is 5.88. The summed E-state index contributed by atoms with van der Waals surface area (Å²) in [6.45, 7) is 0.0414. The predicted octanol–water partition coefficient (Wildman–Crippen LogP) is 1.93. The molecule has 1 aromatic carbocycles. The van der Waals surface area contributed by atoms with Crippen molar-refractivity contribution in [3.63, 3.8) is 0 Å². The number of rotatable bonds is 3. The number of nitrogens with zero attached hydrogens (tertiary/aromatic N) is 1. The van der Waals surface area contributed by atoms with Crippen LogP contribution < -0.4 is 0 Å². The molecule has 1 amide bonds. The van der Waals surface area contributed by atoms with Gasteiger partial charge < -0.3 is 10.0 Å². The van der Waals surface area contributed by atoms with E-state index in [0.29, 0.717) is 5.56 Å². The third kappa shape index (κ3) is 2.57. The third-order valence-electron chi connectivity index (χ3n) is 3.33. The van der Waals surface area contributed by atoms with Gasteiger partial charge in [0.05, 0.1) is 12.0 Å². The highest BCUT2D eigenvalue weighted by atomic mass is 19.3. The number of benzene rings is 1. The minimum atomic E-state index is -3.11. The van der Waals surface area contributed by atoms with E-state index in [2.05, 4.69) is 0 Å². The van der Waals surface area contributed by atoms with Crippen LogP contribution in [0.15, 0.2) is 30.3 Å². The molecule has 102 valence electrons. The Morgan fingerprint density at radius 1 is 1.26 bits per heavy atom. The van der Waals surface area contributed by atoms with Crippen molar-refractivity contribution < 1.29 is 23.5 Å². The maximum atomic E-state index is 12.6. The van der Waals surface area contributed by atoms with Crippen molar-refractivity contribution in [2.45, 2.75) is 18.9 Å². The van der Waals surface area contributed by atoms with Crippen molar-refractivity contribution in [3.8, 4) is 0 Å². The molecule has 0 aromatic heterocycles. The second-order valence-electron chi connectivity index (χ2n) is 4.42. The molecule has 0 saturated carbocycles. The van der Waals surface area contributed by atoms with E-state index < -0.39 is 30.3 Å². The van der Waals surface area contributed by atoms with Gasteiger partial charge in [-0.1, -0.05) is 30.3 Å². The van der Waals surface area contributed by atoms with Gasteiger partial charge in [0.2, 0.25) is 0 Å². The first-order valence-electron chi connectivity index (χ1n) is 5.88. The number of amides is 1. The summed E-state index contributed by atoms with van der Waals surface area (Å²) in [5.41, 5.74) is 0.571. The van der Waals surface area contributed by atoms with Crippen molar-refractivity contribution in [2.75, 3.05) is 6.54 Å². The summed E-state index contributed by atoms with van der Waals surface area (Å²) in [5.74, 6) is -3.22. The van der Waals surface area contributed by atoms with Gasteiger partial charge in [0.1, 0.15) is 0 Å². The summed E-state index contributed by atoms with van der Waals surface area (Å²) < 4.78 is 25.1. The second kappa shape index (κ2) is 5.34. The van der Waals surface area contributed by atoms with Crippen molar-refractivity contribution in [1.82, 2.24) is 4.90 Å². The number of carbonyl (C=O) groups excluding carboxylic acids is 1. The van der Waals surface area contributed by atoms with E-state index in [9.17, 15) is 18.4 Å². The standard InChI is InChI=1S/C13H13F2NO3/c14-11(15)12(17)16-7-6-9(13(18)19)10(16)8-4-2-1-3-5-8/h1-5,9-11H,6-7H2,(H,18,19)/t9-,10-/m1/s1. The number of likely N-dealkylation sites (tertiary alicyclic amines) is 1. The molecule has 0 unspecified atom stereocenters. The lowest BCUT2D eigenvalue weighted by molar-refractivity contribution is -0.147. The van der Waals surface area contributed by atoms with Crippen LogP contribution in [0.4, 0.5) is 8.78 Å². The number of hydrogen-bond donors (Lipinski definition) is 1. The summed E-state index contributed by atoms with van der Waals surface area (Å²) in [6.07, 6.45) is -2.92. The quantitative estimate of drug-likeness (QED) is 0.912. The van der Waals surface area contributed by atoms with Gasteiger partial charge in [0.15, 0.2) is 0 Å². The molecule has 1 aromatic rings. The molecule has 0 spiro atoms. The Hall–Kier alpha value is -1.98. The summed E-state index contributed by atoms with van der Waals surface area (Å²) in [7, 11) is 0. The van der Waals surface area contributed by atoms with Crippen molar-refractivity contribution in [1.29, 1.82) is 0 Å². The van der Waals surface area contributed by atoms with Crippen LogP contribution in [-0.2, 0) is 9.59 Å². The van der Waals surface area contributed by atoms with Gasteiger partial charge in [-0.25, -0.2) is 0 Å². The molecule has 0 bridgehead atoms. The number of halogens is 2. The fraction of sp³-hybridized carbons (Fsp3) is 0.385. The number of alkyl halides is 2. The minimum Gasteiger partial charge on any atom is -0.481 e. The molecule has 1 N–H and O–H groups in total. The molecule has 2 atom stereocenters. The van der Waals surface area contributed by atoms with Crippen LogP contribution in [-0.4, -0.2) is 34.9 Å². The highest BCUT2D eigenvalue weighted by Gasteiger charge is 2.43. The van der Waals surface area contributed by atoms with Crippen LogP contribution in [0.25, 0.3) is 0 Å². The zero-order chi connectivity index (χ0) is 14.0. The Labute approximate surface area is 108 Å². The lowest BCUT2D eigenvalue weighted by Crippen LogP contribution is -2.37. The molecule has 6 heteroatoms. The van der Waals surface area contributed by atoms with Crippen LogP contribution in [0.5, 0.6) is 0 Å². The van der Waals surface area contributed by atoms with Crippen molar-refractivity contribution in [2.24, 2.45) is 5.92 Å². The van der Waals surface area contributed by atoms with Crippen molar-refractivity contribution in [3.05, 3.63) is 35.9 Å². The SMILES string of the molecule is O=C(O)[C@@H]1CCN(C(=O)C(F)F)[C@@H]1c1ccccc1. The number of carboxylic acid groups (broad SMARTS) is 1. The topological polar surface area (TPSA) is 57.6 Å². The molecule has 0 aliphatic carbocycles. The zero-order valence-electron chi connectivity index (χ0n) is 10.00. The Bertz CT molecular complexity index is 478. The van der Waals surface area contributed by atoms with Gasteiger partial charge in [-0.15, -0.1) is 0 Å². The predicted molar refractivity (Wildman–Crippen MR) is 62.6 cm³/mol. The molecule has 1 fully saturated rings. The summed E-state index contributed by atoms with van der Waals surface area (Å²) in [6, 6.07) is 7.61. The molecule has 1 saturated heterocycles. The average molecular weight is 269 g/mol. The molecule has 1 aliphatic heterocycles. The second-order valence-corrected chi connectivity index (χ2v) is 4.42. The van der Waals surface area contributed by atoms with E-state index in [1.807, 2.05) is 0 Å². The highest BCUT2D eigenvalue weighted by Crippen LogP contribution is 2.38. The largest absolute Gasteiger partial charge is 0.481 e. The summed E-state index contributed by atoms with van der Waals surface area (Å²) in [4.78, 5) is 23.6.